The molecule has 0 amide bonds. The lowest BCUT2D eigenvalue weighted by atomic mass is 10.3. The van der Waals surface area contributed by atoms with Crippen molar-refractivity contribution in [3.63, 3.8) is 0 Å². The quantitative estimate of drug-likeness (QED) is 0.858. The number of likely N-dealkylation sites (N-methyl/N-ethyl adjacent to an activating group) is 1. The van der Waals surface area contributed by atoms with Crippen LogP contribution in [-0.4, -0.2) is 43.4 Å². The minimum atomic E-state index is 0.189. The van der Waals surface area contributed by atoms with Crippen molar-refractivity contribution < 1.29 is 9.84 Å². The molecule has 0 saturated carbocycles. The second kappa shape index (κ2) is 6.82. The first-order valence-electron chi connectivity index (χ1n) is 4.90. The van der Waals surface area contributed by atoms with Crippen molar-refractivity contribution in [3.8, 4) is 5.75 Å². The van der Waals surface area contributed by atoms with Crippen molar-refractivity contribution in [1.29, 1.82) is 0 Å². The van der Waals surface area contributed by atoms with Gasteiger partial charge in [0.1, 0.15) is 12.4 Å². The SMILES string of the molecule is CN(CCO)CCOc1ccc(Br)cc1. The highest BCUT2D eigenvalue weighted by Crippen LogP contribution is 2.15. The fourth-order valence-corrected chi connectivity index (χ4v) is 1.40. The average molecular weight is 274 g/mol. The van der Waals surface area contributed by atoms with E-state index in [4.69, 9.17) is 9.84 Å². The first-order chi connectivity index (χ1) is 7.22. The van der Waals surface area contributed by atoms with Gasteiger partial charge in [0.15, 0.2) is 0 Å². The molecule has 1 N–H and O–H groups in total. The number of aliphatic hydroxyl groups excluding tert-OH is 1. The van der Waals surface area contributed by atoms with Crippen LogP contribution in [0.4, 0.5) is 0 Å². The second-order valence-electron chi connectivity index (χ2n) is 3.33. The average Bonchev–Trinajstić information content (AvgIpc) is 2.21. The van der Waals surface area contributed by atoms with E-state index in [-0.39, 0.29) is 6.61 Å². The Kier molecular flexibility index (Phi) is 5.68. The Morgan fingerprint density at radius 1 is 1.27 bits per heavy atom. The maximum absolute atomic E-state index is 8.70. The lowest BCUT2D eigenvalue weighted by Crippen LogP contribution is -2.27. The Morgan fingerprint density at radius 3 is 2.53 bits per heavy atom. The zero-order valence-electron chi connectivity index (χ0n) is 8.82. The molecule has 0 atom stereocenters. The molecule has 0 spiro atoms. The summed E-state index contributed by atoms with van der Waals surface area (Å²) in [4.78, 5) is 2.03. The molecule has 3 nitrogen and oxygen atoms in total. The number of aliphatic hydroxyl groups is 1. The minimum absolute atomic E-state index is 0.189. The van der Waals surface area contributed by atoms with E-state index in [9.17, 15) is 0 Å². The zero-order chi connectivity index (χ0) is 11.1. The van der Waals surface area contributed by atoms with Gasteiger partial charge in [-0.3, -0.25) is 0 Å². The summed E-state index contributed by atoms with van der Waals surface area (Å²) >= 11 is 3.37. The second-order valence-corrected chi connectivity index (χ2v) is 4.24. The van der Waals surface area contributed by atoms with Gasteiger partial charge in [0.2, 0.25) is 0 Å². The number of rotatable bonds is 6. The standard InChI is InChI=1S/C11H16BrNO2/c1-13(6-8-14)7-9-15-11-4-2-10(12)3-5-11/h2-5,14H,6-9H2,1H3. The lowest BCUT2D eigenvalue weighted by molar-refractivity contribution is 0.192. The third-order valence-electron chi connectivity index (χ3n) is 2.04. The van der Waals surface area contributed by atoms with Crippen molar-refractivity contribution in [2.24, 2.45) is 0 Å². The molecule has 0 bridgehead atoms. The van der Waals surface area contributed by atoms with Crippen LogP contribution in [0.3, 0.4) is 0 Å². The van der Waals surface area contributed by atoms with Crippen LogP contribution in [0.15, 0.2) is 28.7 Å². The van der Waals surface area contributed by atoms with Crippen molar-refractivity contribution in [1.82, 2.24) is 4.90 Å². The Hall–Kier alpha value is -0.580. The van der Waals surface area contributed by atoms with Gasteiger partial charge in [0.25, 0.3) is 0 Å². The van der Waals surface area contributed by atoms with Crippen LogP contribution < -0.4 is 4.74 Å². The summed E-state index contributed by atoms with van der Waals surface area (Å²) < 4.78 is 6.58. The molecule has 0 fully saturated rings. The number of hydrogen-bond donors (Lipinski definition) is 1. The molecular formula is C11H16BrNO2. The van der Waals surface area contributed by atoms with E-state index >= 15 is 0 Å². The van der Waals surface area contributed by atoms with Crippen LogP contribution in [0.2, 0.25) is 0 Å². The van der Waals surface area contributed by atoms with E-state index in [1.165, 1.54) is 0 Å². The van der Waals surface area contributed by atoms with Crippen LogP contribution in [0.25, 0.3) is 0 Å². The molecule has 15 heavy (non-hydrogen) atoms. The molecule has 0 heterocycles. The van der Waals surface area contributed by atoms with E-state index in [0.29, 0.717) is 13.2 Å². The molecule has 0 unspecified atom stereocenters. The van der Waals surface area contributed by atoms with Crippen molar-refractivity contribution in [2.45, 2.75) is 0 Å². The van der Waals surface area contributed by atoms with Gasteiger partial charge in [0, 0.05) is 17.6 Å². The summed E-state index contributed by atoms with van der Waals surface area (Å²) in [5, 5.41) is 8.70. The van der Waals surface area contributed by atoms with Gasteiger partial charge >= 0.3 is 0 Å². The molecule has 0 saturated heterocycles. The molecule has 4 heteroatoms. The van der Waals surface area contributed by atoms with Gasteiger partial charge in [-0.1, -0.05) is 15.9 Å². The predicted molar refractivity (Wildman–Crippen MR) is 64.2 cm³/mol. The number of benzene rings is 1. The van der Waals surface area contributed by atoms with Gasteiger partial charge in [-0.15, -0.1) is 0 Å². The first kappa shape index (κ1) is 12.5. The number of nitrogens with zero attached hydrogens (tertiary/aromatic N) is 1. The van der Waals surface area contributed by atoms with Crippen LogP contribution in [-0.2, 0) is 0 Å². The topological polar surface area (TPSA) is 32.7 Å². The summed E-state index contributed by atoms with van der Waals surface area (Å²) in [6.07, 6.45) is 0. The smallest absolute Gasteiger partial charge is 0.119 e. The van der Waals surface area contributed by atoms with Crippen molar-refractivity contribution in [2.75, 3.05) is 33.4 Å². The van der Waals surface area contributed by atoms with Crippen molar-refractivity contribution >= 4 is 15.9 Å². The maximum atomic E-state index is 8.70. The molecule has 0 aliphatic carbocycles. The summed E-state index contributed by atoms with van der Waals surface area (Å²) in [5.74, 6) is 0.871. The molecule has 0 aliphatic heterocycles. The predicted octanol–water partition coefficient (Wildman–Crippen LogP) is 1.75. The third-order valence-corrected chi connectivity index (χ3v) is 2.57. The highest BCUT2D eigenvalue weighted by molar-refractivity contribution is 9.10. The molecule has 1 rings (SSSR count). The molecule has 0 radical (unpaired) electrons. The number of hydrogen-bond acceptors (Lipinski definition) is 3. The summed E-state index contributed by atoms with van der Waals surface area (Å²) in [5.41, 5.74) is 0. The molecular weight excluding hydrogens is 258 g/mol. The summed E-state index contributed by atoms with van der Waals surface area (Å²) in [7, 11) is 1.96. The molecule has 84 valence electrons. The zero-order valence-corrected chi connectivity index (χ0v) is 10.4. The fraction of sp³-hybridized carbons (Fsp3) is 0.455. The molecule has 1 aromatic rings. The lowest BCUT2D eigenvalue weighted by Gasteiger charge is -2.15. The maximum Gasteiger partial charge on any atom is 0.119 e. The highest BCUT2D eigenvalue weighted by Gasteiger charge is 1.97. The third kappa shape index (κ3) is 5.16. The van der Waals surface area contributed by atoms with Gasteiger partial charge in [-0.05, 0) is 31.3 Å². The Labute approximate surface area is 98.8 Å². The molecule has 0 aliphatic rings. The molecule has 1 aromatic carbocycles. The summed E-state index contributed by atoms with van der Waals surface area (Å²) in [6.45, 7) is 2.33. The number of halogens is 1. The van der Waals surface area contributed by atoms with E-state index in [1.54, 1.807) is 0 Å². The van der Waals surface area contributed by atoms with Crippen LogP contribution >= 0.6 is 15.9 Å². The van der Waals surface area contributed by atoms with E-state index in [1.807, 2.05) is 36.2 Å². The molecule has 0 aromatic heterocycles. The largest absolute Gasteiger partial charge is 0.492 e. The Balaban J connectivity index is 2.22. The van der Waals surface area contributed by atoms with Gasteiger partial charge < -0.3 is 14.7 Å². The minimum Gasteiger partial charge on any atom is -0.492 e. The Bertz CT molecular complexity index is 276. The van der Waals surface area contributed by atoms with Crippen LogP contribution in [0, 0.1) is 0 Å². The Morgan fingerprint density at radius 2 is 1.93 bits per heavy atom. The fourth-order valence-electron chi connectivity index (χ4n) is 1.13. The van der Waals surface area contributed by atoms with Crippen LogP contribution in [0.1, 0.15) is 0 Å². The van der Waals surface area contributed by atoms with Crippen LogP contribution in [0.5, 0.6) is 5.75 Å². The van der Waals surface area contributed by atoms with Crippen molar-refractivity contribution in [3.05, 3.63) is 28.7 Å². The van der Waals surface area contributed by atoms with Gasteiger partial charge in [0.05, 0.1) is 6.61 Å². The van der Waals surface area contributed by atoms with Gasteiger partial charge in [-0.25, -0.2) is 0 Å². The number of ether oxygens (including phenoxy) is 1. The summed E-state index contributed by atoms with van der Waals surface area (Å²) in [6, 6.07) is 7.76. The highest BCUT2D eigenvalue weighted by atomic mass is 79.9. The van der Waals surface area contributed by atoms with E-state index < -0.39 is 0 Å². The van der Waals surface area contributed by atoms with Gasteiger partial charge in [-0.2, -0.15) is 0 Å². The monoisotopic (exact) mass is 273 g/mol. The first-order valence-corrected chi connectivity index (χ1v) is 5.69. The normalized spacial score (nSPS) is 10.7. The van der Waals surface area contributed by atoms with E-state index in [2.05, 4.69) is 15.9 Å². The van der Waals surface area contributed by atoms with E-state index in [0.717, 1.165) is 16.8 Å².